The number of nitrogens with zero attached hydrogens (tertiary/aromatic N) is 1. The van der Waals surface area contributed by atoms with E-state index in [0.717, 1.165) is 25.9 Å². The molecule has 20 heavy (non-hydrogen) atoms. The lowest BCUT2D eigenvalue weighted by molar-refractivity contribution is 0.162. The van der Waals surface area contributed by atoms with Crippen LogP contribution in [0.15, 0.2) is 18.2 Å². The summed E-state index contributed by atoms with van der Waals surface area (Å²) in [5, 5.41) is 4.22. The van der Waals surface area contributed by atoms with Crippen LogP contribution in [0.4, 0.5) is 4.39 Å². The van der Waals surface area contributed by atoms with Gasteiger partial charge in [0.05, 0.1) is 0 Å². The van der Waals surface area contributed by atoms with E-state index in [0.29, 0.717) is 23.2 Å². The van der Waals surface area contributed by atoms with Gasteiger partial charge in [-0.1, -0.05) is 18.5 Å². The van der Waals surface area contributed by atoms with Gasteiger partial charge in [-0.05, 0) is 51.4 Å². The van der Waals surface area contributed by atoms with E-state index in [4.69, 9.17) is 11.6 Å². The van der Waals surface area contributed by atoms with Crippen LogP contribution in [0.25, 0.3) is 0 Å². The molecule has 1 aromatic carbocycles. The summed E-state index contributed by atoms with van der Waals surface area (Å²) in [7, 11) is 0. The van der Waals surface area contributed by atoms with Crippen LogP contribution in [-0.4, -0.2) is 29.6 Å². The highest BCUT2D eigenvalue weighted by Gasteiger charge is 2.30. The fourth-order valence-electron chi connectivity index (χ4n) is 2.76. The van der Waals surface area contributed by atoms with Crippen LogP contribution < -0.4 is 5.32 Å². The first-order valence-corrected chi connectivity index (χ1v) is 7.74. The Labute approximate surface area is 126 Å². The molecule has 0 saturated carbocycles. The predicted molar refractivity (Wildman–Crippen MR) is 82.6 cm³/mol. The van der Waals surface area contributed by atoms with Crippen molar-refractivity contribution in [2.24, 2.45) is 0 Å². The van der Waals surface area contributed by atoms with Crippen molar-refractivity contribution >= 4 is 11.6 Å². The van der Waals surface area contributed by atoms with E-state index < -0.39 is 0 Å². The average Bonchev–Trinajstić information content (AvgIpc) is 2.55. The average molecular weight is 299 g/mol. The smallest absolute Gasteiger partial charge is 0.127 e. The van der Waals surface area contributed by atoms with Gasteiger partial charge in [0.25, 0.3) is 0 Å². The van der Waals surface area contributed by atoms with E-state index in [1.807, 2.05) is 0 Å². The summed E-state index contributed by atoms with van der Waals surface area (Å²) < 4.78 is 13.9. The van der Waals surface area contributed by atoms with Crippen molar-refractivity contribution in [3.8, 4) is 0 Å². The maximum Gasteiger partial charge on any atom is 0.127 e. The molecule has 1 N–H and O–H groups in total. The molecule has 4 heteroatoms. The molecule has 1 fully saturated rings. The van der Waals surface area contributed by atoms with Gasteiger partial charge in [0.2, 0.25) is 0 Å². The lowest BCUT2D eigenvalue weighted by Crippen LogP contribution is -2.49. The molecule has 2 nitrogen and oxygen atoms in total. The summed E-state index contributed by atoms with van der Waals surface area (Å²) in [6, 6.07) is 5.24. The van der Waals surface area contributed by atoms with Crippen molar-refractivity contribution in [1.29, 1.82) is 0 Å². The summed E-state index contributed by atoms with van der Waals surface area (Å²) in [5.74, 6) is -0.169. The highest BCUT2D eigenvalue weighted by atomic mass is 35.5. The summed E-state index contributed by atoms with van der Waals surface area (Å²) in [4.78, 5) is 2.36. The molecule has 1 heterocycles. The monoisotopic (exact) mass is 298 g/mol. The predicted octanol–water partition coefficient (Wildman–Crippen LogP) is 3.83. The van der Waals surface area contributed by atoms with Gasteiger partial charge in [0.1, 0.15) is 5.82 Å². The van der Waals surface area contributed by atoms with Crippen LogP contribution in [0, 0.1) is 5.82 Å². The Morgan fingerprint density at radius 2 is 2.25 bits per heavy atom. The van der Waals surface area contributed by atoms with Gasteiger partial charge >= 0.3 is 0 Å². The van der Waals surface area contributed by atoms with Crippen LogP contribution in [0.2, 0.25) is 5.02 Å². The van der Waals surface area contributed by atoms with Crippen molar-refractivity contribution in [3.05, 3.63) is 34.6 Å². The first-order chi connectivity index (χ1) is 9.43. The zero-order valence-corrected chi connectivity index (χ0v) is 13.3. The van der Waals surface area contributed by atoms with Gasteiger partial charge in [-0.2, -0.15) is 0 Å². The molecule has 0 radical (unpaired) electrons. The summed E-state index contributed by atoms with van der Waals surface area (Å²) in [6.07, 6.45) is 2.14. The van der Waals surface area contributed by atoms with Gasteiger partial charge < -0.3 is 5.32 Å². The molecule has 0 aromatic heterocycles. The maximum absolute atomic E-state index is 13.9. The van der Waals surface area contributed by atoms with Gasteiger partial charge in [-0.15, -0.1) is 0 Å². The summed E-state index contributed by atoms with van der Waals surface area (Å²) in [6.45, 7) is 9.21. The Bertz CT molecular complexity index is 466. The normalized spacial score (nSPS) is 28.4. The third-order valence-corrected chi connectivity index (χ3v) is 4.69. The molecule has 0 bridgehead atoms. The largest absolute Gasteiger partial charge is 0.310 e. The quantitative estimate of drug-likeness (QED) is 0.912. The highest BCUT2D eigenvalue weighted by molar-refractivity contribution is 6.30. The van der Waals surface area contributed by atoms with Crippen molar-refractivity contribution in [3.63, 3.8) is 0 Å². The first-order valence-electron chi connectivity index (χ1n) is 7.36. The molecule has 2 rings (SSSR count). The van der Waals surface area contributed by atoms with Crippen LogP contribution in [0.3, 0.4) is 0 Å². The van der Waals surface area contributed by atoms with Gasteiger partial charge in [-0.25, -0.2) is 4.39 Å². The highest BCUT2D eigenvalue weighted by Crippen LogP contribution is 2.23. The second-order valence-corrected chi connectivity index (χ2v) is 6.56. The third-order valence-electron chi connectivity index (χ3n) is 4.45. The second-order valence-electron chi connectivity index (χ2n) is 6.12. The molecule has 2 unspecified atom stereocenters. The molecule has 0 aliphatic carbocycles. The minimum absolute atomic E-state index is 0.0970. The van der Waals surface area contributed by atoms with E-state index in [-0.39, 0.29) is 11.4 Å². The van der Waals surface area contributed by atoms with E-state index in [9.17, 15) is 4.39 Å². The first kappa shape index (κ1) is 15.7. The Hall–Kier alpha value is -0.640. The molecule has 0 spiro atoms. The number of halogens is 2. The number of hydrogen-bond donors (Lipinski definition) is 1. The lowest BCUT2D eigenvalue weighted by atomic mass is 9.98. The fraction of sp³-hybridized carbons (Fsp3) is 0.625. The van der Waals surface area contributed by atoms with Crippen molar-refractivity contribution in [2.75, 3.05) is 13.1 Å². The third kappa shape index (κ3) is 3.72. The second kappa shape index (κ2) is 6.42. The molecule has 1 aliphatic rings. The Balaban J connectivity index is 2.18. The summed E-state index contributed by atoms with van der Waals surface area (Å²) >= 11 is 5.99. The molecular formula is C16H24ClFN2. The molecule has 112 valence electrons. The van der Waals surface area contributed by atoms with Gasteiger partial charge in [-0.3, -0.25) is 4.90 Å². The standard InChI is InChI=1S/C16H24ClFN2/c1-4-16(3)11-20(12(2)7-8-19-16)10-13-9-14(17)5-6-15(13)18/h5-6,9,12,19H,4,7-8,10-11H2,1-3H3. The number of rotatable bonds is 3. The van der Waals surface area contributed by atoms with E-state index >= 15 is 0 Å². The molecule has 2 atom stereocenters. The number of benzene rings is 1. The summed E-state index contributed by atoms with van der Waals surface area (Å²) in [5.41, 5.74) is 0.782. The Morgan fingerprint density at radius 1 is 1.50 bits per heavy atom. The van der Waals surface area contributed by atoms with E-state index in [1.165, 1.54) is 6.07 Å². The lowest BCUT2D eigenvalue weighted by Gasteiger charge is -2.35. The van der Waals surface area contributed by atoms with Gasteiger partial charge in [0, 0.05) is 35.3 Å². The maximum atomic E-state index is 13.9. The molecule has 0 amide bonds. The zero-order chi connectivity index (χ0) is 14.8. The van der Waals surface area contributed by atoms with Crippen LogP contribution in [-0.2, 0) is 6.54 Å². The van der Waals surface area contributed by atoms with Gasteiger partial charge in [0.15, 0.2) is 0 Å². The SMILES string of the molecule is CCC1(C)CN(Cc2cc(Cl)ccc2F)C(C)CCN1. The molecule has 1 saturated heterocycles. The topological polar surface area (TPSA) is 15.3 Å². The number of nitrogens with one attached hydrogen (secondary N) is 1. The van der Waals surface area contributed by atoms with Crippen LogP contribution in [0.1, 0.15) is 39.2 Å². The fourth-order valence-corrected chi connectivity index (χ4v) is 2.95. The van der Waals surface area contributed by atoms with Crippen molar-refractivity contribution in [1.82, 2.24) is 10.2 Å². The van der Waals surface area contributed by atoms with Crippen LogP contribution >= 0.6 is 11.6 Å². The Kier molecular flexibility index (Phi) is 5.05. The van der Waals surface area contributed by atoms with Crippen LogP contribution in [0.5, 0.6) is 0 Å². The number of hydrogen-bond acceptors (Lipinski definition) is 2. The van der Waals surface area contributed by atoms with Crippen molar-refractivity contribution < 1.29 is 4.39 Å². The van der Waals surface area contributed by atoms with E-state index in [1.54, 1.807) is 12.1 Å². The minimum atomic E-state index is -0.169. The minimum Gasteiger partial charge on any atom is -0.310 e. The molecule has 1 aromatic rings. The zero-order valence-electron chi connectivity index (χ0n) is 12.5. The van der Waals surface area contributed by atoms with Crippen molar-refractivity contribution in [2.45, 2.75) is 51.7 Å². The Morgan fingerprint density at radius 3 is 2.95 bits per heavy atom. The molecule has 1 aliphatic heterocycles. The van der Waals surface area contributed by atoms with E-state index in [2.05, 4.69) is 31.0 Å². The molecular weight excluding hydrogens is 275 g/mol.